The average molecular weight is 206 g/mol. The monoisotopic (exact) mass is 206 g/mol. The van der Waals surface area contributed by atoms with Crippen molar-refractivity contribution in [2.24, 2.45) is 5.73 Å². The number of benzene rings is 1. The maximum atomic E-state index is 11.4. The number of amides is 1. The van der Waals surface area contributed by atoms with Crippen molar-refractivity contribution in [1.82, 2.24) is 5.32 Å². The van der Waals surface area contributed by atoms with E-state index < -0.39 is 6.04 Å². The lowest BCUT2D eigenvalue weighted by molar-refractivity contribution is -0.122. The highest BCUT2D eigenvalue weighted by Gasteiger charge is 2.12. The number of rotatable bonds is 3. The first kappa shape index (κ1) is 11.7. The minimum atomic E-state index is -0.461. The molecule has 0 saturated heterocycles. The molecule has 3 heteroatoms. The molecule has 3 nitrogen and oxygen atoms in total. The van der Waals surface area contributed by atoms with Crippen LogP contribution in [0.25, 0.3) is 0 Å². The van der Waals surface area contributed by atoms with Crippen LogP contribution in [-0.4, -0.2) is 11.9 Å². The Morgan fingerprint density at radius 1 is 1.40 bits per heavy atom. The van der Waals surface area contributed by atoms with E-state index in [0.717, 1.165) is 5.56 Å². The first-order valence-corrected chi connectivity index (χ1v) is 5.13. The van der Waals surface area contributed by atoms with E-state index in [9.17, 15) is 4.79 Å². The summed E-state index contributed by atoms with van der Waals surface area (Å²) in [6.45, 7) is 5.66. The third-order valence-electron chi connectivity index (χ3n) is 2.31. The largest absolute Gasteiger partial charge is 0.348 e. The minimum Gasteiger partial charge on any atom is -0.348 e. The highest BCUT2D eigenvalue weighted by Crippen LogP contribution is 2.13. The minimum absolute atomic E-state index is 0.00315. The van der Waals surface area contributed by atoms with Gasteiger partial charge in [-0.3, -0.25) is 4.79 Å². The Morgan fingerprint density at radius 2 is 2.07 bits per heavy atom. The summed E-state index contributed by atoms with van der Waals surface area (Å²) >= 11 is 0. The number of carbonyl (C=O) groups excluding carboxylic acids is 1. The number of hydrogen-bond acceptors (Lipinski definition) is 2. The molecule has 0 aliphatic carbocycles. The van der Waals surface area contributed by atoms with Crippen molar-refractivity contribution in [2.45, 2.75) is 32.9 Å². The fourth-order valence-electron chi connectivity index (χ4n) is 1.37. The number of nitrogens with one attached hydrogen (secondary N) is 1. The lowest BCUT2D eigenvalue weighted by atomic mass is 10.1. The van der Waals surface area contributed by atoms with Gasteiger partial charge in [-0.05, 0) is 26.3 Å². The Kier molecular flexibility index (Phi) is 3.86. The van der Waals surface area contributed by atoms with Crippen molar-refractivity contribution in [3.05, 3.63) is 35.4 Å². The molecule has 1 aromatic rings. The van der Waals surface area contributed by atoms with E-state index in [1.54, 1.807) is 6.92 Å². The van der Waals surface area contributed by atoms with Gasteiger partial charge in [0.2, 0.25) is 5.91 Å². The Labute approximate surface area is 90.7 Å². The van der Waals surface area contributed by atoms with Crippen molar-refractivity contribution in [3.63, 3.8) is 0 Å². The molecule has 0 unspecified atom stereocenters. The fourth-order valence-corrected chi connectivity index (χ4v) is 1.37. The lowest BCUT2D eigenvalue weighted by Gasteiger charge is -2.16. The van der Waals surface area contributed by atoms with Crippen LogP contribution in [-0.2, 0) is 4.79 Å². The smallest absolute Gasteiger partial charge is 0.237 e. The molecule has 0 aliphatic heterocycles. The second kappa shape index (κ2) is 4.94. The summed E-state index contributed by atoms with van der Waals surface area (Å²) < 4.78 is 0. The van der Waals surface area contributed by atoms with E-state index in [0.29, 0.717) is 0 Å². The first-order chi connectivity index (χ1) is 7.00. The molecular formula is C12H18N2O. The van der Waals surface area contributed by atoms with Gasteiger partial charge in [-0.25, -0.2) is 0 Å². The molecule has 0 aliphatic rings. The molecule has 1 rings (SSSR count). The molecule has 0 saturated carbocycles. The van der Waals surface area contributed by atoms with Gasteiger partial charge in [-0.15, -0.1) is 0 Å². The van der Waals surface area contributed by atoms with Crippen LogP contribution in [0, 0.1) is 6.92 Å². The summed E-state index contributed by atoms with van der Waals surface area (Å²) in [7, 11) is 0. The van der Waals surface area contributed by atoms with E-state index in [4.69, 9.17) is 5.73 Å². The van der Waals surface area contributed by atoms with Gasteiger partial charge in [0.1, 0.15) is 0 Å². The van der Waals surface area contributed by atoms with Crippen LogP contribution in [0.1, 0.15) is 31.0 Å². The van der Waals surface area contributed by atoms with Crippen molar-refractivity contribution < 1.29 is 4.79 Å². The molecule has 0 aromatic heterocycles. The van der Waals surface area contributed by atoms with Crippen molar-refractivity contribution in [2.75, 3.05) is 0 Å². The van der Waals surface area contributed by atoms with E-state index in [1.165, 1.54) is 5.56 Å². The van der Waals surface area contributed by atoms with Gasteiger partial charge in [0.05, 0.1) is 12.1 Å². The number of nitrogens with two attached hydrogens (primary N) is 1. The van der Waals surface area contributed by atoms with E-state index in [2.05, 4.69) is 11.4 Å². The Balaban J connectivity index is 2.69. The molecule has 3 N–H and O–H groups in total. The number of carbonyl (C=O) groups is 1. The first-order valence-electron chi connectivity index (χ1n) is 5.13. The topological polar surface area (TPSA) is 55.1 Å². The SMILES string of the molecule is Cc1cccc([C@@H](C)NC(=O)[C@H](C)N)c1. The van der Waals surface area contributed by atoms with E-state index >= 15 is 0 Å². The van der Waals surface area contributed by atoms with Gasteiger partial charge < -0.3 is 11.1 Å². The quantitative estimate of drug-likeness (QED) is 0.787. The lowest BCUT2D eigenvalue weighted by Crippen LogP contribution is -2.39. The molecule has 0 fully saturated rings. The van der Waals surface area contributed by atoms with Crippen LogP contribution in [0.2, 0.25) is 0 Å². The van der Waals surface area contributed by atoms with Gasteiger partial charge >= 0.3 is 0 Å². The summed E-state index contributed by atoms with van der Waals surface area (Å²) in [5.74, 6) is -0.121. The standard InChI is InChI=1S/C12H18N2O/c1-8-5-4-6-11(7-8)10(3)14-12(15)9(2)13/h4-7,9-10H,13H2,1-3H3,(H,14,15)/t9-,10+/m0/s1. The summed E-state index contributed by atoms with van der Waals surface area (Å²) in [6, 6.07) is 7.62. The summed E-state index contributed by atoms with van der Waals surface area (Å²) in [4.78, 5) is 11.4. The molecule has 1 aromatic carbocycles. The van der Waals surface area contributed by atoms with E-state index in [1.807, 2.05) is 32.0 Å². The van der Waals surface area contributed by atoms with Gasteiger partial charge in [-0.2, -0.15) is 0 Å². The van der Waals surface area contributed by atoms with Gasteiger partial charge in [0, 0.05) is 0 Å². The second-order valence-electron chi connectivity index (χ2n) is 3.93. The van der Waals surface area contributed by atoms with Crippen molar-refractivity contribution >= 4 is 5.91 Å². The van der Waals surface area contributed by atoms with Crippen LogP contribution >= 0.6 is 0 Å². The van der Waals surface area contributed by atoms with Crippen LogP contribution in [0.4, 0.5) is 0 Å². The third-order valence-corrected chi connectivity index (χ3v) is 2.31. The van der Waals surface area contributed by atoms with Crippen LogP contribution in [0.15, 0.2) is 24.3 Å². The zero-order valence-electron chi connectivity index (χ0n) is 9.45. The van der Waals surface area contributed by atoms with Crippen LogP contribution in [0.3, 0.4) is 0 Å². The zero-order valence-corrected chi connectivity index (χ0v) is 9.45. The van der Waals surface area contributed by atoms with Crippen molar-refractivity contribution in [1.29, 1.82) is 0 Å². The Hall–Kier alpha value is -1.35. The van der Waals surface area contributed by atoms with Crippen LogP contribution < -0.4 is 11.1 Å². The van der Waals surface area contributed by atoms with Crippen LogP contribution in [0.5, 0.6) is 0 Å². The normalized spacial score (nSPS) is 14.4. The van der Waals surface area contributed by atoms with Gasteiger partial charge in [0.15, 0.2) is 0 Å². The number of aryl methyl sites for hydroxylation is 1. The predicted octanol–water partition coefficient (Wildman–Crippen LogP) is 1.52. The molecule has 1 amide bonds. The fraction of sp³-hybridized carbons (Fsp3) is 0.417. The molecule has 0 spiro atoms. The highest BCUT2D eigenvalue weighted by atomic mass is 16.2. The predicted molar refractivity (Wildman–Crippen MR) is 61.4 cm³/mol. The summed E-state index contributed by atoms with van der Waals surface area (Å²) in [5.41, 5.74) is 7.77. The second-order valence-corrected chi connectivity index (χ2v) is 3.93. The maximum absolute atomic E-state index is 11.4. The molecule has 15 heavy (non-hydrogen) atoms. The summed E-state index contributed by atoms with van der Waals surface area (Å²) in [6.07, 6.45) is 0. The molecule has 0 heterocycles. The Morgan fingerprint density at radius 3 is 2.60 bits per heavy atom. The Bertz CT molecular complexity index is 347. The maximum Gasteiger partial charge on any atom is 0.237 e. The molecule has 82 valence electrons. The molecule has 2 atom stereocenters. The molecular weight excluding hydrogens is 188 g/mol. The van der Waals surface area contributed by atoms with Gasteiger partial charge in [0.25, 0.3) is 0 Å². The zero-order chi connectivity index (χ0) is 11.4. The molecule has 0 radical (unpaired) electrons. The van der Waals surface area contributed by atoms with E-state index in [-0.39, 0.29) is 11.9 Å². The highest BCUT2D eigenvalue weighted by molar-refractivity contribution is 5.81. The van der Waals surface area contributed by atoms with Gasteiger partial charge in [-0.1, -0.05) is 29.8 Å². The molecule has 0 bridgehead atoms. The number of hydrogen-bond donors (Lipinski definition) is 2. The average Bonchev–Trinajstić information content (AvgIpc) is 2.17. The summed E-state index contributed by atoms with van der Waals surface area (Å²) in [5, 5.41) is 2.86. The van der Waals surface area contributed by atoms with Crippen molar-refractivity contribution in [3.8, 4) is 0 Å². The third kappa shape index (κ3) is 3.36.